The molecule has 0 bridgehead atoms. The van der Waals surface area contributed by atoms with Gasteiger partial charge in [-0.05, 0) is 37.0 Å². The second-order valence-electron chi connectivity index (χ2n) is 6.82. The molecule has 1 atom stereocenters. The summed E-state index contributed by atoms with van der Waals surface area (Å²) >= 11 is 0. The number of anilines is 1. The largest absolute Gasteiger partial charge is 0.391 e. The molecule has 1 aliphatic rings. The summed E-state index contributed by atoms with van der Waals surface area (Å²) in [6.07, 6.45) is 2.77. The van der Waals surface area contributed by atoms with Crippen molar-refractivity contribution in [2.24, 2.45) is 0 Å². The standard InChI is InChI=1S/C21H28N2O/c1-22(19-10-6-3-7-11-19)20-12-14-23(15-13-20)17-21(24)16-18-8-4-2-5-9-18/h2-11,20-21,24H,12-17H2,1H3/t21-/m0/s1. The number of likely N-dealkylation sites (tertiary alicyclic amines) is 1. The maximum absolute atomic E-state index is 10.4. The van der Waals surface area contributed by atoms with Crippen molar-refractivity contribution in [1.82, 2.24) is 4.90 Å². The van der Waals surface area contributed by atoms with Crippen LogP contribution in [0.4, 0.5) is 5.69 Å². The molecule has 0 spiro atoms. The highest BCUT2D eigenvalue weighted by Gasteiger charge is 2.23. The Hall–Kier alpha value is -1.84. The number of hydrogen-bond acceptors (Lipinski definition) is 3. The minimum atomic E-state index is -0.282. The highest BCUT2D eigenvalue weighted by molar-refractivity contribution is 5.46. The molecule has 3 heteroatoms. The van der Waals surface area contributed by atoms with Gasteiger partial charge in [-0.3, -0.25) is 0 Å². The van der Waals surface area contributed by atoms with Crippen molar-refractivity contribution in [2.75, 3.05) is 31.6 Å². The highest BCUT2D eigenvalue weighted by atomic mass is 16.3. The fraction of sp³-hybridized carbons (Fsp3) is 0.429. The Kier molecular flexibility index (Phi) is 5.89. The van der Waals surface area contributed by atoms with Gasteiger partial charge >= 0.3 is 0 Å². The molecule has 1 saturated heterocycles. The zero-order valence-electron chi connectivity index (χ0n) is 14.5. The van der Waals surface area contributed by atoms with Crippen molar-refractivity contribution in [3.8, 4) is 0 Å². The van der Waals surface area contributed by atoms with Crippen LogP contribution in [0.3, 0.4) is 0 Å². The number of hydrogen-bond donors (Lipinski definition) is 1. The van der Waals surface area contributed by atoms with Crippen LogP contribution in [0.2, 0.25) is 0 Å². The first kappa shape index (κ1) is 17.0. The van der Waals surface area contributed by atoms with E-state index in [9.17, 15) is 5.11 Å². The van der Waals surface area contributed by atoms with Crippen LogP contribution in [0, 0.1) is 0 Å². The summed E-state index contributed by atoms with van der Waals surface area (Å²) in [6.45, 7) is 2.90. The van der Waals surface area contributed by atoms with Crippen molar-refractivity contribution >= 4 is 5.69 Å². The van der Waals surface area contributed by atoms with Gasteiger partial charge < -0.3 is 14.9 Å². The van der Waals surface area contributed by atoms with Crippen LogP contribution in [0.15, 0.2) is 60.7 Å². The molecule has 0 unspecified atom stereocenters. The number of aliphatic hydroxyl groups excluding tert-OH is 1. The van der Waals surface area contributed by atoms with E-state index in [4.69, 9.17) is 0 Å². The smallest absolute Gasteiger partial charge is 0.0707 e. The molecule has 2 aromatic carbocycles. The number of piperidine rings is 1. The lowest BCUT2D eigenvalue weighted by atomic mass is 10.0. The first-order chi connectivity index (χ1) is 11.7. The molecule has 1 aliphatic heterocycles. The Labute approximate surface area is 145 Å². The minimum absolute atomic E-state index is 0.282. The lowest BCUT2D eigenvalue weighted by Gasteiger charge is -2.38. The van der Waals surface area contributed by atoms with Crippen molar-refractivity contribution < 1.29 is 5.11 Å². The van der Waals surface area contributed by atoms with Crippen LogP contribution in [0.25, 0.3) is 0 Å². The Morgan fingerprint density at radius 2 is 1.58 bits per heavy atom. The van der Waals surface area contributed by atoms with Crippen LogP contribution in [-0.4, -0.2) is 48.8 Å². The molecule has 2 aromatic rings. The molecule has 0 aliphatic carbocycles. The summed E-state index contributed by atoms with van der Waals surface area (Å²) in [5, 5.41) is 10.4. The third-order valence-corrected chi connectivity index (χ3v) is 5.05. The quantitative estimate of drug-likeness (QED) is 0.884. The molecule has 0 amide bonds. The summed E-state index contributed by atoms with van der Waals surface area (Å²) in [5.41, 5.74) is 2.50. The maximum Gasteiger partial charge on any atom is 0.0707 e. The fourth-order valence-electron chi connectivity index (χ4n) is 3.61. The summed E-state index contributed by atoms with van der Waals surface area (Å²) < 4.78 is 0. The van der Waals surface area contributed by atoms with E-state index in [1.165, 1.54) is 11.3 Å². The van der Waals surface area contributed by atoms with Crippen LogP contribution < -0.4 is 4.90 Å². The lowest BCUT2D eigenvalue weighted by molar-refractivity contribution is 0.0972. The lowest BCUT2D eigenvalue weighted by Crippen LogP contribution is -2.45. The molecule has 1 heterocycles. The molecular weight excluding hydrogens is 296 g/mol. The SMILES string of the molecule is CN(c1ccccc1)C1CCN(C[C@@H](O)Cc2ccccc2)CC1. The predicted octanol–water partition coefficient (Wildman–Crippen LogP) is 3.19. The van der Waals surface area contributed by atoms with Crippen LogP contribution in [0.5, 0.6) is 0 Å². The molecular formula is C21H28N2O. The van der Waals surface area contributed by atoms with Crippen molar-refractivity contribution in [1.29, 1.82) is 0 Å². The van der Waals surface area contributed by atoms with Crippen molar-refractivity contribution in [2.45, 2.75) is 31.4 Å². The van der Waals surface area contributed by atoms with Gasteiger partial charge in [-0.25, -0.2) is 0 Å². The number of para-hydroxylation sites is 1. The molecule has 1 fully saturated rings. The van der Waals surface area contributed by atoms with Crippen molar-refractivity contribution in [3.63, 3.8) is 0 Å². The number of nitrogens with zero attached hydrogens (tertiary/aromatic N) is 2. The van der Waals surface area contributed by atoms with E-state index in [-0.39, 0.29) is 6.10 Å². The normalized spacial score (nSPS) is 17.6. The zero-order chi connectivity index (χ0) is 16.8. The fourth-order valence-corrected chi connectivity index (χ4v) is 3.61. The molecule has 3 nitrogen and oxygen atoms in total. The molecule has 3 rings (SSSR count). The summed E-state index contributed by atoms with van der Waals surface area (Å²) in [6, 6.07) is 21.5. The average Bonchev–Trinajstić information content (AvgIpc) is 2.63. The molecule has 24 heavy (non-hydrogen) atoms. The van der Waals surface area contributed by atoms with E-state index >= 15 is 0 Å². The average molecular weight is 324 g/mol. The topological polar surface area (TPSA) is 26.7 Å². The highest BCUT2D eigenvalue weighted by Crippen LogP contribution is 2.22. The van der Waals surface area contributed by atoms with Gasteiger partial charge in [0.25, 0.3) is 0 Å². The summed E-state index contributed by atoms with van der Waals surface area (Å²) in [7, 11) is 2.19. The third kappa shape index (κ3) is 4.59. The van der Waals surface area contributed by atoms with Crippen LogP contribution >= 0.6 is 0 Å². The molecule has 128 valence electrons. The number of rotatable bonds is 6. The van der Waals surface area contributed by atoms with Gasteiger partial charge in [0.1, 0.15) is 0 Å². The second kappa shape index (κ2) is 8.32. The molecule has 0 saturated carbocycles. The monoisotopic (exact) mass is 324 g/mol. The van der Waals surface area contributed by atoms with Gasteiger partial charge in [-0.2, -0.15) is 0 Å². The maximum atomic E-state index is 10.4. The first-order valence-corrected chi connectivity index (χ1v) is 8.94. The van der Waals surface area contributed by atoms with Crippen LogP contribution in [-0.2, 0) is 6.42 Å². The Morgan fingerprint density at radius 1 is 1.00 bits per heavy atom. The van der Waals surface area contributed by atoms with Gasteiger partial charge in [0.2, 0.25) is 0 Å². The van der Waals surface area contributed by atoms with Gasteiger partial charge in [-0.1, -0.05) is 48.5 Å². The number of aliphatic hydroxyl groups is 1. The summed E-state index contributed by atoms with van der Waals surface area (Å²) in [5.74, 6) is 0. The van der Waals surface area contributed by atoms with E-state index in [0.717, 1.165) is 38.9 Å². The van der Waals surface area contributed by atoms with Gasteiger partial charge in [0, 0.05) is 38.4 Å². The van der Waals surface area contributed by atoms with E-state index in [2.05, 4.69) is 59.3 Å². The minimum Gasteiger partial charge on any atom is -0.391 e. The number of benzene rings is 2. The van der Waals surface area contributed by atoms with E-state index in [1.54, 1.807) is 0 Å². The molecule has 1 N–H and O–H groups in total. The van der Waals surface area contributed by atoms with E-state index < -0.39 is 0 Å². The summed E-state index contributed by atoms with van der Waals surface area (Å²) in [4.78, 5) is 4.81. The molecule has 0 radical (unpaired) electrons. The predicted molar refractivity (Wildman–Crippen MR) is 100 cm³/mol. The van der Waals surface area contributed by atoms with Crippen molar-refractivity contribution in [3.05, 3.63) is 66.2 Å². The van der Waals surface area contributed by atoms with Crippen LogP contribution in [0.1, 0.15) is 18.4 Å². The Morgan fingerprint density at radius 3 is 2.21 bits per heavy atom. The Balaban J connectivity index is 1.45. The van der Waals surface area contributed by atoms with E-state index in [1.807, 2.05) is 18.2 Å². The zero-order valence-corrected chi connectivity index (χ0v) is 14.5. The molecule has 0 aromatic heterocycles. The van der Waals surface area contributed by atoms with Gasteiger partial charge in [0.15, 0.2) is 0 Å². The van der Waals surface area contributed by atoms with Gasteiger partial charge in [-0.15, -0.1) is 0 Å². The van der Waals surface area contributed by atoms with E-state index in [0.29, 0.717) is 6.04 Å². The number of β-amino-alcohol motifs (C(OH)–C–C–N with tert-alkyl or cyclic N) is 1. The van der Waals surface area contributed by atoms with Gasteiger partial charge in [0.05, 0.1) is 6.10 Å². The first-order valence-electron chi connectivity index (χ1n) is 8.94. The second-order valence-corrected chi connectivity index (χ2v) is 6.82. The Bertz CT molecular complexity index is 594. The third-order valence-electron chi connectivity index (χ3n) is 5.05.